The third kappa shape index (κ3) is 4.89. The number of carbonyl (C=O) groups is 1. The summed E-state index contributed by atoms with van der Waals surface area (Å²) in [4.78, 5) is 17.3. The molecular weight excluding hydrogens is 312 g/mol. The molecule has 1 atom stereocenters. The van der Waals surface area contributed by atoms with E-state index in [0.717, 1.165) is 10.6 Å². The Kier molecular flexibility index (Phi) is 6.29. The van der Waals surface area contributed by atoms with Crippen LogP contribution in [-0.2, 0) is 11.3 Å². The van der Waals surface area contributed by atoms with Gasteiger partial charge in [0.1, 0.15) is 0 Å². The standard InChI is InChI=1S/C17H20N2O3S/c1-12(17(20)19-11-13-6-4-5-9-18-13)23-14-7-8-15(21-2)16(10-14)22-3/h4-10,12H,11H2,1-3H3,(H,19,20)/t12-/m0/s1. The van der Waals surface area contributed by atoms with Crippen molar-refractivity contribution in [1.29, 1.82) is 0 Å². The highest BCUT2D eigenvalue weighted by Crippen LogP contribution is 2.33. The highest BCUT2D eigenvalue weighted by atomic mass is 32.2. The zero-order valence-corrected chi connectivity index (χ0v) is 14.2. The van der Waals surface area contributed by atoms with Crippen LogP contribution in [0, 0.1) is 0 Å². The number of amides is 1. The number of nitrogens with one attached hydrogen (secondary N) is 1. The van der Waals surface area contributed by atoms with Crippen LogP contribution in [0.15, 0.2) is 47.5 Å². The number of ether oxygens (including phenoxy) is 2. The Morgan fingerprint density at radius 2 is 2.00 bits per heavy atom. The molecular formula is C17H20N2O3S. The maximum Gasteiger partial charge on any atom is 0.233 e. The molecule has 6 heteroatoms. The van der Waals surface area contributed by atoms with Gasteiger partial charge in [0.2, 0.25) is 5.91 Å². The molecule has 0 fully saturated rings. The van der Waals surface area contributed by atoms with Crippen molar-refractivity contribution >= 4 is 17.7 Å². The molecule has 0 aliphatic heterocycles. The summed E-state index contributed by atoms with van der Waals surface area (Å²) in [6, 6.07) is 11.2. The number of aromatic nitrogens is 1. The van der Waals surface area contributed by atoms with Gasteiger partial charge in [0.25, 0.3) is 0 Å². The van der Waals surface area contributed by atoms with Gasteiger partial charge < -0.3 is 14.8 Å². The van der Waals surface area contributed by atoms with Crippen molar-refractivity contribution in [2.24, 2.45) is 0 Å². The van der Waals surface area contributed by atoms with Gasteiger partial charge >= 0.3 is 0 Å². The Morgan fingerprint density at radius 1 is 1.22 bits per heavy atom. The van der Waals surface area contributed by atoms with Crippen molar-refractivity contribution in [3.8, 4) is 11.5 Å². The number of methoxy groups -OCH3 is 2. The molecule has 1 heterocycles. The number of hydrogen-bond donors (Lipinski definition) is 1. The molecule has 0 spiro atoms. The second-order valence-electron chi connectivity index (χ2n) is 4.82. The number of hydrogen-bond acceptors (Lipinski definition) is 5. The molecule has 0 aliphatic rings. The lowest BCUT2D eigenvalue weighted by Gasteiger charge is -2.13. The van der Waals surface area contributed by atoms with Crippen LogP contribution in [0.5, 0.6) is 11.5 Å². The normalized spacial score (nSPS) is 11.6. The van der Waals surface area contributed by atoms with E-state index < -0.39 is 0 Å². The lowest BCUT2D eigenvalue weighted by Crippen LogP contribution is -2.30. The summed E-state index contributed by atoms with van der Waals surface area (Å²) in [6.45, 7) is 2.30. The molecule has 1 aromatic heterocycles. The predicted molar refractivity (Wildman–Crippen MR) is 90.9 cm³/mol. The summed E-state index contributed by atoms with van der Waals surface area (Å²) in [7, 11) is 3.19. The highest BCUT2D eigenvalue weighted by Gasteiger charge is 2.15. The van der Waals surface area contributed by atoms with Gasteiger partial charge in [-0.3, -0.25) is 9.78 Å². The molecule has 122 valence electrons. The molecule has 0 saturated carbocycles. The molecule has 0 bridgehead atoms. The van der Waals surface area contributed by atoms with E-state index in [1.54, 1.807) is 20.4 Å². The Labute approximate surface area is 140 Å². The number of benzene rings is 1. The van der Waals surface area contributed by atoms with Gasteiger partial charge in [0, 0.05) is 11.1 Å². The molecule has 1 aromatic carbocycles. The summed E-state index contributed by atoms with van der Waals surface area (Å²) < 4.78 is 10.5. The van der Waals surface area contributed by atoms with Crippen LogP contribution in [0.3, 0.4) is 0 Å². The van der Waals surface area contributed by atoms with E-state index in [-0.39, 0.29) is 11.2 Å². The van der Waals surface area contributed by atoms with Crippen molar-refractivity contribution in [3.05, 3.63) is 48.3 Å². The van der Waals surface area contributed by atoms with Crippen molar-refractivity contribution in [3.63, 3.8) is 0 Å². The summed E-state index contributed by atoms with van der Waals surface area (Å²) in [5, 5.41) is 2.67. The van der Waals surface area contributed by atoms with E-state index in [2.05, 4.69) is 10.3 Å². The van der Waals surface area contributed by atoms with Crippen molar-refractivity contribution in [2.75, 3.05) is 14.2 Å². The summed E-state index contributed by atoms with van der Waals surface area (Å²) in [5.41, 5.74) is 0.837. The number of carbonyl (C=O) groups excluding carboxylic acids is 1. The van der Waals surface area contributed by atoms with Crippen molar-refractivity contribution < 1.29 is 14.3 Å². The molecule has 0 saturated heterocycles. The Morgan fingerprint density at radius 3 is 2.65 bits per heavy atom. The smallest absolute Gasteiger partial charge is 0.233 e. The molecule has 2 rings (SSSR count). The van der Waals surface area contributed by atoms with Crippen molar-refractivity contribution in [2.45, 2.75) is 23.6 Å². The number of rotatable bonds is 7. The van der Waals surface area contributed by atoms with Crippen LogP contribution in [0.4, 0.5) is 0 Å². The van der Waals surface area contributed by atoms with E-state index in [0.29, 0.717) is 18.0 Å². The molecule has 0 unspecified atom stereocenters. The molecule has 5 nitrogen and oxygen atoms in total. The van der Waals surface area contributed by atoms with Gasteiger partial charge in [-0.2, -0.15) is 0 Å². The average molecular weight is 332 g/mol. The lowest BCUT2D eigenvalue weighted by molar-refractivity contribution is -0.120. The summed E-state index contributed by atoms with van der Waals surface area (Å²) in [6.07, 6.45) is 1.71. The zero-order chi connectivity index (χ0) is 16.7. The minimum atomic E-state index is -0.225. The summed E-state index contributed by atoms with van der Waals surface area (Å²) in [5.74, 6) is 1.29. The van der Waals surface area contributed by atoms with Gasteiger partial charge in [-0.25, -0.2) is 0 Å². The topological polar surface area (TPSA) is 60.5 Å². The molecule has 1 N–H and O–H groups in total. The predicted octanol–water partition coefficient (Wildman–Crippen LogP) is 2.90. The van der Waals surface area contributed by atoms with E-state index in [1.807, 2.05) is 43.3 Å². The fourth-order valence-electron chi connectivity index (χ4n) is 1.97. The first kappa shape index (κ1) is 17.1. The highest BCUT2D eigenvalue weighted by molar-refractivity contribution is 8.00. The second-order valence-corrected chi connectivity index (χ2v) is 6.23. The third-order valence-corrected chi connectivity index (χ3v) is 4.30. The fourth-order valence-corrected chi connectivity index (χ4v) is 2.89. The van der Waals surface area contributed by atoms with Gasteiger partial charge in [-0.05, 0) is 37.3 Å². The average Bonchev–Trinajstić information content (AvgIpc) is 2.60. The fraction of sp³-hybridized carbons (Fsp3) is 0.294. The number of pyridine rings is 1. The van der Waals surface area contributed by atoms with E-state index in [1.165, 1.54) is 11.8 Å². The maximum absolute atomic E-state index is 12.2. The molecule has 1 amide bonds. The minimum absolute atomic E-state index is 0.0320. The van der Waals surface area contributed by atoms with Gasteiger partial charge in [0.15, 0.2) is 11.5 Å². The Balaban J connectivity index is 1.93. The van der Waals surface area contributed by atoms with Gasteiger partial charge in [-0.15, -0.1) is 11.8 Å². The monoisotopic (exact) mass is 332 g/mol. The largest absolute Gasteiger partial charge is 0.493 e. The van der Waals surface area contributed by atoms with Crippen molar-refractivity contribution in [1.82, 2.24) is 10.3 Å². The Hall–Kier alpha value is -2.21. The van der Waals surface area contributed by atoms with Crippen LogP contribution in [-0.4, -0.2) is 30.4 Å². The molecule has 0 aliphatic carbocycles. The van der Waals surface area contributed by atoms with E-state index >= 15 is 0 Å². The van der Waals surface area contributed by atoms with Crippen LogP contribution < -0.4 is 14.8 Å². The first-order valence-corrected chi connectivity index (χ1v) is 8.08. The van der Waals surface area contributed by atoms with Gasteiger partial charge in [-0.1, -0.05) is 6.07 Å². The van der Waals surface area contributed by atoms with Crippen LogP contribution in [0.2, 0.25) is 0 Å². The molecule has 23 heavy (non-hydrogen) atoms. The SMILES string of the molecule is COc1ccc(S[C@@H](C)C(=O)NCc2ccccn2)cc1OC. The third-order valence-electron chi connectivity index (χ3n) is 3.21. The lowest BCUT2D eigenvalue weighted by atomic mass is 10.3. The van der Waals surface area contributed by atoms with Crippen LogP contribution in [0.1, 0.15) is 12.6 Å². The van der Waals surface area contributed by atoms with Crippen LogP contribution >= 0.6 is 11.8 Å². The van der Waals surface area contributed by atoms with E-state index in [4.69, 9.17) is 9.47 Å². The second kappa shape index (κ2) is 8.43. The number of nitrogens with zero attached hydrogens (tertiary/aromatic N) is 1. The Bertz CT molecular complexity index is 650. The van der Waals surface area contributed by atoms with Crippen LogP contribution in [0.25, 0.3) is 0 Å². The summed E-state index contributed by atoms with van der Waals surface area (Å²) >= 11 is 1.47. The molecule has 0 radical (unpaired) electrons. The number of thioether (sulfide) groups is 1. The minimum Gasteiger partial charge on any atom is -0.493 e. The van der Waals surface area contributed by atoms with Gasteiger partial charge in [0.05, 0.1) is 31.7 Å². The molecule has 2 aromatic rings. The maximum atomic E-state index is 12.2. The first-order chi connectivity index (χ1) is 11.1. The van der Waals surface area contributed by atoms with E-state index in [9.17, 15) is 4.79 Å². The zero-order valence-electron chi connectivity index (χ0n) is 13.4. The first-order valence-electron chi connectivity index (χ1n) is 7.20. The quantitative estimate of drug-likeness (QED) is 0.790.